The number of nitrogen functional groups attached to an aromatic ring is 1. The minimum absolute atomic E-state index is 0.158. The van der Waals surface area contributed by atoms with Crippen LogP contribution in [0.2, 0.25) is 0 Å². The van der Waals surface area contributed by atoms with Crippen LogP contribution in [-0.2, 0) is 0 Å². The number of anilines is 1. The number of halogens is 2. The van der Waals surface area contributed by atoms with Crippen LogP contribution in [0.25, 0.3) is 11.1 Å². The zero-order valence-electron chi connectivity index (χ0n) is 10.5. The molecule has 1 aromatic heterocycles. The van der Waals surface area contributed by atoms with Crippen molar-refractivity contribution >= 4 is 5.82 Å². The van der Waals surface area contributed by atoms with Crippen LogP contribution in [0.1, 0.15) is 31.4 Å². The number of nitrogens with zero attached hydrogens (tertiary/aromatic N) is 1. The van der Waals surface area contributed by atoms with E-state index >= 15 is 0 Å². The number of rotatable bonds is 3. The average molecular weight is 264 g/mol. The van der Waals surface area contributed by atoms with Crippen LogP contribution in [0.15, 0.2) is 22.7 Å². The highest BCUT2D eigenvalue weighted by molar-refractivity contribution is 5.76. The molecule has 1 aromatic carbocycles. The molecule has 2 N–H and O–H groups in total. The molecule has 1 aliphatic rings. The summed E-state index contributed by atoms with van der Waals surface area (Å²) in [6.45, 7) is 2.02. The van der Waals surface area contributed by atoms with Crippen molar-refractivity contribution in [1.29, 1.82) is 0 Å². The molecule has 3 rings (SSSR count). The summed E-state index contributed by atoms with van der Waals surface area (Å²) in [6, 6.07) is 3.32. The Kier molecular flexibility index (Phi) is 2.77. The third kappa shape index (κ3) is 2.20. The van der Waals surface area contributed by atoms with Crippen LogP contribution in [0.3, 0.4) is 0 Å². The van der Waals surface area contributed by atoms with Crippen molar-refractivity contribution in [2.45, 2.75) is 25.7 Å². The Bertz CT molecular complexity index is 600. The second kappa shape index (κ2) is 4.33. The first-order valence-corrected chi connectivity index (χ1v) is 6.27. The molecular weight excluding hydrogens is 250 g/mol. The van der Waals surface area contributed by atoms with Crippen LogP contribution in [0.4, 0.5) is 14.6 Å². The molecule has 0 radical (unpaired) electrons. The van der Waals surface area contributed by atoms with Crippen LogP contribution >= 0.6 is 0 Å². The fourth-order valence-corrected chi connectivity index (χ4v) is 2.43. The van der Waals surface area contributed by atoms with E-state index in [-0.39, 0.29) is 11.7 Å². The normalized spacial score (nSPS) is 16.6. The van der Waals surface area contributed by atoms with Crippen molar-refractivity contribution in [2.75, 3.05) is 5.73 Å². The van der Waals surface area contributed by atoms with Gasteiger partial charge in [0.05, 0.1) is 5.56 Å². The lowest BCUT2D eigenvalue weighted by Crippen LogP contribution is -1.98. The van der Waals surface area contributed by atoms with Gasteiger partial charge in [-0.2, -0.15) is 0 Å². The first-order chi connectivity index (χ1) is 9.06. The van der Waals surface area contributed by atoms with E-state index in [2.05, 4.69) is 5.16 Å². The molecular formula is C14H14F2N2O. The average Bonchev–Trinajstić information content (AvgIpc) is 3.10. The van der Waals surface area contributed by atoms with Gasteiger partial charge in [-0.25, -0.2) is 8.78 Å². The highest BCUT2D eigenvalue weighted by atomic mass is 19.1. The molecule has 5 heteroatoms. The SMILES string of the molecule is CC(c1onc(N)c1-c1cc(F)cc(F)c1)C1CC1. The highest BCUT2D eigenvalue weighted by Gasteiger charge is 2.34. The molecule has 0 spiro atoms. The minimum Gasteiger partial charge on any atom is -0.380 e. The zero-order valence-corrected chi connectivity index (χ0v) is 10.5. The summed E-state index contributed by atoms with van der Waals surface area (Å²) in [4.78, 5) is 0. The van der Waals surface area contributed by atoms with E-state index in [1.54, 1.807) is 0 Å². The van der Waals surface area contributed by atoms with E-state index in [4.69, 9.17) is 10.3 Å². The quantitative estimate of drug-likeness (QED) is 0.919. The van der Waals surface area contributed by atoms with Gasteiger partial charge in [0.1, 0.15) is 17.4 Å². The fraction of sp³-hybridized carbons (Fsp3) is 0.357. The lowest BCUT2D eigenvalue weighted by atomic mass is 9.95. The summed E-state index contributed by atoms with van der Waals surface area (Å²) in [7, 11) is 0. The summed E-state index contributed by atoms with van der Waals surface area (Å²) >= 11 is 0. The van der Waals surface area contributed by atoms with Crippen molar-refractivity contribution in [1.82, 2.24) is 5.16 Å². The molecule has 1 heterocycles. The number of nitrogens with two attached hydrogens (primary N) is 1. The van der Waals surface area contributed by atoms with Crippen molar-refractivity contribution in [3.05, 3.63) is 35.6 Å². The molecule has 1 fully saturated rings. The number of hydrogen-bond donors (Lipinski definition) is 1. The molecule has 0 amide bonds. The summed E-state index contributed by atoms with van der Waals surface area (Å²) in [6.07, 6.45) is 2.28. The Morgan fingerprint density at radius 3 is 2.47 bits per heavy atom. The maximum atomic E-state index is 13.3. The molecule has 0 aliphatic heterocycles. The van der Waals surface area contributed by atoms with Crippen LogP contribution < -0.4 is 5.73 Å². The Labute approximate surface area is 109 Å². The van der Waals surface area contributed by atoms with Crippen molar-refractivity contribution < 1.29 is 13.3 Å². The summed E-state index contributed by atoms with van der Waals surface area (Å²) < 4.78 is 31.9. The predicted octanol–water partition coefficient (Wildman–Crippen LogP) is 3.72. The van der Waals surface area contributed by atoms with Gasteiger partial charge in [0.15, 0.2) is 5.82 Å². The van der Waals surface area contributed by atoms with Crippen LogP contribution in [0, 0.1) is 17.6 Å². The second-order valence-electron chi connectivity index (χ2n) is 5.09. The Hall–Kier alpha value is -1.91. The van der Waals surface area contributed by atoms with Gasteiger partial charge in [-0.05, 0) is 36.5 Å². The maximum absolute atomic E-state index is 13.3. The first kappa shape index (κ1) is 12.1. The zero-order chi connectivity index (χ0) is 13.6. The Balaban J connectivity index is 2.10. The summed E-state index contributed by atoms with van der Waals surface area (Å²) in [5.74, 6) is 0.217. The van der Waals surface area contributed by atoms with Crippen molar-refractivity contribution in [3.8, 4) is 11.1 Å². The van der Waals surface area contributed by atoms with Gasteiger partial charge in [-0.15, -0.1) is 0 Å². The molecule has 100 valence electrons. The topological polar surface area (TPSA) is 52.0 Å². The Morgan fingerprint density at radius 2 is 1.89 bits per heavy atom. The van der Waals surface area contributed by atoms with Gasteiger partial charge in [0.2, 0.25) is 0 Å². The molecule has 2 aromatic rings. The van der Waals surface area contributed by atoms with Crippen molar-refractivity contribution in [2.24, 2.45) is 5.92 Å². The molecule has 1 atom stereocenters. The van der Waals surface area contributed by atoms with E-state index in [1.807, 2.05) is 6.92 Å². The first-order valence-electron chi connectivity index (χ1n) is 6.27. The van der Waals surface area contributed by atoms with Gasteiger partial charge >= 0.3 is 0 Å². The Morgan fingerprint density at radius 1 is 1.26 bits per heavy atom. The van der Waals surface area contributed by atoms with Crippen LogP contribution in [-0.4, -0.2) is 5.16 Å². The fourth-order valence-electron chi connectivity index (χ4n) is 2.43. The van der Waals surface area contributed by atoms with E-state index in [0.29, 0.717) is 22.8 Å². The lowest BCUT2D eigenvalue weighted by molar-refractivity contribution is 0.358. The van der Waals surface area contributed by atoms with Crippen LogP contribution in [0.5, 0.6) is 0 Å². The van der Waals surface area contributed by atoms with Gasteiger partial charge < -0.3 is 10.3 Å². The molecule has 3 nitrogen and oxygen atoms in total. The molecule has 0 bridgehead atoms. The largest absolute Gasteiger partial charge is 0.380 e. The molecule has 1 unspecified atom stereocenters. The third-order valence-electron chi connectivity index (χ3n) is 3.64. The van der Waals surface area contributed by atoms with Gasteiger partial charge in [-0.1, -0.05) is 12.1 Å². The molecule has 1 saturated carbocycles. The number of benzene rings is 1. The van der Waals surface area contributed by atoms with E-state index in [0.717, 1.165) is 18.9 Å². The standard InChI is InChI=1S/C14H14F2N2O/c1-7(8-2-3-8)13-12(14(17)18-19-13)9-4-10(15)6-11(16)5-9/h4-8H,2-3H2,1H3,(H2,17,18). The second-order valence-corrected chi connectivity index (χ2v) is 5.09. The predicted molar refractivity (Wildman–Crippen MR) is 67.4 cm³/mol. The third-order valence-corrected chi connectivity index (χ3v) is 3.64. The van der Waals surface area contributed by atoms with Crippen molar-refractivity contribution in [3.63, 3.8) is 0 Å². The summed E-state index contributed by atoms with van der Waals surface area (Å²) in [5, 5.41) is 3.74. The van der Waals surface area contributed by atoms with Gasteiger partial charge in [-0.3, -0.25) is 0 Å². The number of aromatic nitrogens is 1. The maximum Gasteiger partial charge on any atom is 0.175 e. The van der Waals surface area contributed by atoms with Gasteiger partial charge in [0, 0.05) is 12.0 Å². The number of hydrogen-bond acceptors (Lipinski definition) is 3. The smallest absolute Gasteiger partial charge is 0.175 e. The molecule has 1 aliphatic carbocycles. The summed E-state index contributed by atoms with van der Waals surface area (Å²) in [5.41, 5.74) is 6.67. The molecule has 19 heavy (non-hydrogen) atoms. The molecule has 0 saturated heterocycles. The minimum atomic E-state index is -0.638. The van der Waals surface area contributed by atoms with E-state index < -0.39 is 11.6 Å². The van der Waals surface area contributed by atoms with E-state index in [9.17, 15) is 8.78 Å². The van der Waals surface area contributed by atoms with E-state index in [1.165, 1.54) is 12.1 Å². The highest BCUT2D eigenvalue weighted by Crippen LogP contribution is 2.46. The lowest BCUT2D eigenvalue weighted by Gasteiger charge is -2.09. The monoisotopic (exact) mass is 264 g/mol. The van der Waals surface area contributed by atoms with Gasteiger partial charge in [0.25, 0.3) is 0 Å².